The van der Waals surface area contributed by atoms with Crippen LogP contribution in [-0.2, 0) is 9.53 Å². The molecule has 1 aromatic carbocycles. The number of carbonyl (C=O) groups excluding carboxylic acids is 2. The molecule has 2 aromatic rings. The van der Waals surface area contributed by atoms with Gasteiger partial charge in [-0.1, -0.05) is 6.07 Å². The molecule has 0 saturated carbocycles. The third-order valence-electron chi connectivity index (χ3n) is 5.40. The number of amidine groups is 1. The molecule has 2 aliphatic rings. The molecule has 1 unspecified atom stereocenters. The Morgan fingerprint density at radius 2 is 2.06 bits per heavy atom. The van der Waals surface area contributed by atoms with E-state index in [1.807, 2.05) is 44.3 Å². The van der Waals surface area contributed by atoms with Gasteiger partial charge in [-0.25, -0.2) is 4.79 Å². The number of nitriles is 1. The van der Waals surface area contributed by atoms with E-state index in [1.165, 1.54) is 6.20 Å². The Morgan fingerprint density at radius 3 is 2.68 bits per heavy atom. The third kappa shape index (κ3) is 5.37. The number of hydrogen-bond acceptors (Lipinski definition) is 7. The summed E-state index contributed by atoms with van der Waals surface area (Å²) >= 11 is 0. The second kappa shape index (κ2) is 9.43. The largest absolute Gasteiger partial charge is 0.488 e. The van der Waals surface area contributed by atoms with Crippen molar-refractivity contribution < 1.29 is 19.1 Å². The number of pyridine rings is 1. The van der Waals surface area contributed by atoms with E-state index in [2.05, 4.69) is 16.0 Å². The zero-order chi connectivity index (χ0) is 24.5. The van der Waals surface area contributed by atoms with Crippen LogP contribution in [0.25, 0.3) is 10.9 Å². The van der Waals surface area contributed by atoms with Gasteiger partial charge in [0.05, 0.1) is 11.3 Å². The van der Waals surface area contributed by atoms with Gasteiger partial charge >= 0.3 is 6.09 Å². The quantitative estimate of drug-likeness (QED) is 0.666. The summed E-state index contributed by atoms with van der Waals surface area (Å²) < 4.78 is 11.8. The first-order valence-corrected chi connectivity index (χ1v) is 12.5. The normalized spacial score (nSPS) is 19.2. The number of nitrogens with two attached hydrogens (primary N) is 1. The predicted molar refractivity (Wildman–Crippen MR) is 132 cm³/mol. The molecular formula is C24H27N5O4S. The summed E-state index contributed by atoms with van der Waals surface area (Å²) in [5.41, 5.74) is 7.24. The highest BCUT2D eigenvalue weighted by atomic mass is 32.2. The maximum absolute atomic E-state index is 12.3. The van der Waals surface area contributed by atoms with Gasteiger partial charge in [0, 0.05) is 37.5 Å². The summed E-state index contributed by atoms with van der Waals surface area (Å²) in [6.45, 7) is 6.56. The summed E-state index contributed by atoms with van der Waals surface area (Å²) in [5, 5.41) is 12.6. The number of piperidine rings is 1. The first kappa shape index (κ1) is 23.7. The molecule has 0 spiro atoms. The summed E-state index contributed by atoms with van der Waals surface area (Å²) in [6, 6.07) is 7.82. The number of rotatable bonds is 3. The molecule has 1 atom stereocenters. The molecule has 4 rings (SSSR count). The van der Waals surface area contributed by atoms with Gasteiger partial charge < -0.3 is 20.1 Å². The monoisotopic (exact) mass is 481 g/mol. The van der Waals surface area contributed by atoms with Gasteiger partial charge in [-0.2, -0.15) is 10.3 Å². The lowest BCUT2D eigenvalue weighted by molar-refractivity contribution is -0.115. The van der Waals surface area contributed by atoms with Gasteiger partial charge in [-0.3, -0.25) is 9.78 Å². The number of hydrogen-bond donors (Lipinski definition) is 1. The van der Waals surface area contributed by atoms with Crippen molar-refractivity contribution >= 4 is 43.9 Å². The molecule has 0 aliphatic carbocycles. The van der Waals surface area contributed by atoms with Crippen molar-refractivity contribution in [3.8, 4) is 11.8 Å². The van der Waals surface area contributed by atoms with Gasteiger partial charge in [0.25, 0.3) is 5.91 Å². The molecule has 9 nitrogen and oxygen atoms in total. The highest BCUT2D eigenvalue weighted by molar-refractivity contribution is 8.28. The molecule has 1 aromatic heterocycles. The molecule has 1 fully saturated rings. The zero-order valence-electron chi connectivity index (χ0n) is 19.4. The van der Waals surface area contributed by atoms with Crippen molar-refractivity contribution in [1.82, 2.24) is 9.88 Å². The van der Waals surface area contributed by atoms with Crippen LogP contribution in [0.3, 0.4) is 0 Å². The van der Waals surface area contributed by atoms with E-state index in [1.54, 1.807) is 4.90 Å². The number of nitrogens with zero attached hydrogens (tertiary/aromatic N) is 4. The first-order valence-electron chi connectivity index (χ1n) is 11.0. The second-order valence-corrected chi connectivity index (χ2v) is 11.0. The fourth-order valence-corrected chi connectivity index (χ4v) is 5.18. The Balaban J connectivity index is 1.56. The lowest BCUT2D eigenvalue weighted by Gasteiger charge is -2.33. The van der Waals surface area contributed by atoms with Crippen molar-refractivity contribution in [1.29, 1.82) is 5.26 Å². The van der Waals surface area contributed by atoms with Crippen LogP contribution in [-0.4, -0.2) is 63.0 Å². The Hall–Kier alpha value is -3.45. The number of carbonyl (C=O) groups is 2. The molecule has 2 N–H and O–H groups in total. The van der Waals surface area contributed by atoms with E-state index in [0.717, 1.165) is 5.56 Å². The number of aliphatic imine (C=N–C) groups is 1. The Bertz CT molecular complexity index is 1250. The molecular weight excluding hydrogens is 454 g/mol. The minimum absolute atomic E-state index is 0.152. The van der Waals surface area contributed by atoms with Crippen LogP contribution in [0.15, 0.2) is 29.4 Å². The molecule has 178 valence electrons. The van der Waals surface area contributed by atoms with Crippen LogP contribution in [0.2, 0.25) is 0 Å². The number of aromatic nitrogens is 1. The number of likely N-dealkylation sites (tertiary alicyclic amines) is 1. The van der Waals surface area contributed by atoms with Gasteiger partial charge in [-0.05, 0) is 43.8 Å². The van der Waals surface area contributed by atoms with Crippen molar-refractivity contribution in [3.63, 3.8) is 0 Å². The maximum atomic E-state index is 12.3. The number of benzene rings is 1. The second-order valence-electron chi connectivity index (χ2n) is 9.21. The van der Waals surface area contributed by atoms with Crippen LogP contribution in [0, 0.1) is 11.3 Å². The Kier molecular flexibility index (Phi) is 6.57. The van der Waals surface area contributed by atoms with E-state index >= 15 is 0 Å². The van der Waals surface area contributed by atoms with Crippen molar-refractivity contribution in [2.24, 2.45) is 10.7 Å². The maximum Gasteiger partial charge on any atom is 0.410 e. The number of amides is 2. The van der Waals surface area contributed by atoms with Crippen molar-refractivity contribution in [3.05, 3.63) is 35.5 Å². The number of ether oxygens (including phenoxy) is 2. The summed E-state index contributed by atoms with van der Waals surface area (Å²) in [6.07, 6.45) is 2.28. The molecule has 34 heavy (non-hydrogen) atoms. The van der Waals surface area contributed by atoms with Gasteiger partial charge in [0.1, 0.15) is 29.1 Å². The molecule has 0 bridgehead atoms. The first-order chi connectivity index (χ1) is 16.1. The number of fused-ring (bicyclic) bond motifs is 1. The van der Waals surface area contributed by atoms with Crippen LogP contribution in [0.5, 0.6) is 5.75 Å². The third-order valence-corrected chi connectivity index (χ3v) is 7.15. The van der Waals surface area contributed by atoms with Crippen LogP contribution >= 0.6 is 10.5 Å². The highest BCUT2D eigenvalue weighted by Crippen LogP contribution is 2.32. The smallest absolute Gasteiger partial charge is 0.410 e. The van der Waals surface area contributed by atoms with Crippen molar-refractivity contribution in [2.75, 3.05) is 18.8 Å². The van der Waals surface area contributed by atoms with Gasteiger partial charge in [0.15, 0.2) is 5.17 Å². The van der Waals surface area contributed by atoms with E-state index < -0.39 is 16.1 Å². The van der Waals surface area contributed by atoms with E-state index in [9.17, 15) is 14.9 Å². The van der Waals surface area contributed by atoms with Gasteiger partial charge in [0.2, 0.25) is 0 Å². The molecule has 1 saturated heterocycles. The standard InChI is InChI=1S/C24H27N5O4S/c1-24(2,3)33-23(31)29-8-6-17(7-9-29)32-21-16(11-25)12-27-19-5-4-15(10-18(19)21)13-34-14-20(30)28-22(34)26/h4-5,10,12-13,17H,6-9,14H2,1-3H3,(H2,26,28,30). The zero-order valence-corrected chi connectivity index (χ0v) is 20.2. The summed E-state index contributed by atoms with van der Waals surface area (Å²) in [7, 11) is -0.554. The predicted octanol–water partition coefficient (Wildman–Crippen LogP) is 3.16. The highest BCUT2D eigenvalue weighted by Gasteiger charge is 2.28. The molecule has 10 heteroatoms. The SMILES string of the molecule is CC(C)(C)OC(=O)N1CCC(Oc2c(C#N)cnc3ccc(/C=S4/CC(=O)N=C4N)cc23)CC1. The van der Waals surface area contributed by atoms with E-state index in [0.29, 0.717) is 53.3 Å². The van der Waals surface area contributed by atoms with Crippen molar-refractivity contribution in [2.45, 2.75) is 45.3 Å². The average molecular weight is 482 g/mol. The summed E-state index contributed by atoms with van der Waals surface area (Å²) in [5.74, 6) is 0.541. The lowest BCUT2D eigenvalue weighted by Crippen LogP contribution is -2.44. The van der Waals surface area contributed by atoms with Gasteiger partial charge in [-0.15, -0.1) is 10.5 Å². The Morgan fingerprint density at radius 1 is 1.32 bits per heavy atom. The lowest BCUT2D eigenvalue weighted by atomic mass is 10.1. The molecule has 2 amide bonds. The van der Waals surface area contributed by atoms with E-state index in [4.69, 9.17) is 15.2 Å². The Labute approximate surface area is 200 Å². The van der Waals surface area contributed by atoms with Crippen LogP contribution in [0.4, 0.5) is 4.79 Å². The average Bonchev–Trinajstić information content (AvgIpc) is 3.09. The minimum atomic E-state index is -0.554. The van der Waals surface area contributed by atoms with E-state index in [-0.39, 0.29) is 23.9 Å². The van der Waals surface area contributed by atoms with Crippen LogP contribution < -0.4 is 10.5 Å². The fourth-order valence-electron chi connectivity index (χ4n) is 3.80. The topological polar surface area (TPSA) is 131 Å². The summed E-state index contributed by atoms with van der Waals surface area (Å²) in [4.78, 5) is 33.8. The minimum Gasteiger partial charge on any atom is -0.488 e. The molecule has 3 heterocycles. The molecule has 0 radical (unpaired) electrons. The van der Waals surface area contributed by atoms with Crippen LogP contribution in [0.1, 0.15) is 44.7 Å². The fraction of sp³-hybridized carbons (Fsp3) is 0.417. The molecule has 2 aliphatic heterocycles.